The fraction of sp³-hybridized carbons (Fsp3) is 0.267. The molecule has 1 amide bonds. The Balaban J connectivity index is 2.10. The molecule has 0 bridgehead atoms. The molecule has 0 aliphatic heterocycles. The second-order valence-electron chi connectivity index (χ2n) is 4.44. The minimum atomic E-state index is -0.0383. The predicted octanol–water partition coefficient (Wildman–Crippen LogP) is 3.20. The van der Waals surface area contributed by atoms with Crippen LogP contribution in [0.15, 0.2) is 42.7 Å². The van der Waals surface area contributed by atoms with E-state index in [-0.39, 0.29) is 11.9 Å². The van der Waals surface area contributed by atoms with Gasteiger partial charge in [0.1, 0.15) is 0 Å². The van der Waals surface area contributed by atoms with Crippen LogP contribution in [0.5, 0.6) is 0 Å². The van der Waals surface area contributed by atoms with Crippen molar-refractivity contribution in [3.8, 4) is 0 Å². The summed E-state index contributed by atoms with van der Waals surface area (Å²) < 4.78 is 0. The van der Waals surface area contributed by atoms with Crippen LogP contribution >= 0.6 is 0 Å². The number of carbonyl (C=O) groups excluding carboxylic acids is 1. The number of carbonyl (C=O) groups is 1. The number of H-pyrrole nitrogens is 1. The third-order valence-electron chi connectivity index (χ3n) is 3.05. The van der Waals surface area contributed by atoms with E-state index in [0.29, 0.717) is 5.56 Å². The van der Waals surface area contributed by atoms with Gasteiger partial charge in [0.05, 0.1) is 11.6 Å². The Morgan fingerprint density at radius 2 is 2.00 bits per heavy atom. The van der Waals surface area contributed by atoms with Crippen molar-refractivity contribution in [1.82, 2.24) is 10.3 Å². The largest absolute Gasteiger partial charge is 0.367 e. The molecule has 1 heterocycles. The monoisotopic (exact) mass is 242 g/mol. The maximum absolute atomic E-state index is 12.0. The zero-order valence-corrected chi connectivity index (χ0v) is 10.7. The highest BCUT2D eigenvalue weighted by Gasteiger charge is 2.13. The SMILES string of the molecule is CC[C@@H](NC(=O)c1cc[nH]c1)c1ccc(C)cc1. The predicted molar refractivity (Wildman–Crippen MR) is 72.5 cm³/mol. The summed E-state index contributed by atoms with van der Waals surface area (Å²) in [5.41, 5.74) is 3.04. The second-order valence-corrected chi connectivity index (χ2v) is 4.44. The average Bonchev–Trinajstić information content (AvgIpc) is 2.91. The molecule has 18 heavy (non-hydrogen) atoms. The van der Waals surface area contributed by atoms with Gasteiger partial charge in [-0.25, -0.2) is 0 Å². The number of nitrogens with one attached hydrogen (secondary N) is 2. The average molecular weight is 242 g/mol. The molecule has 2 rings (SSSR count). The van der Waals surface area contributed by atoms with Gasteiger partial charge in [-0.2, -0.15) is 0 Å². The highest BCUT2D eigenvalue weighted by molar-refractivity contribution is 5.94. The molecule has 1 aromatic heterocycles. The second kappa shape index (κ2) is 5.54. The first kappa shape index (κ1) is 12.4. The molecular formula is C15H18N2O. The van der Waals surface area contributed by atoms with E-state index in [0.717, 1.165) is 12.0 Å². The van der Waals surface area contributed by atoms with Gasteiger partial charge in [0, 0.05) is 12.4 Å². The van der Waals surface area contributed by atoms with Crippen molar-refractivity contribution >= 4 is 5.91 Å². The quantitative estimate of drug-likeness (QED) is 0.849. The van der Waals surface area contributed by atoms with Gasteiger partial charge in [-0.3, -0.25) is 4.79 Å². The number of benzene rings is 1. The summed E-state index contributed by atoms with van der Waals surface area (Å²) in [7, 11) is 0. The minimum Gasteiger partial charge on any atom is -0.367 e. The Bertz CT molecular complexity index is 500. The molecule has 0 aliphatic carbocycles. The van der Waals surface area contributed by atoms with E-state index in [1.165, 1.54) is 5.56 Å². The van der Waals surface area contributed by atoms with Gasteiger partial charge >= 0.3 is 0 Å². The Morgan fingerprint density at radius 3 is 2.56 bits per heavy atom. The molecule has 3 heteroatoms. The summed E-state index contributed by atoms with van der Waals surface area (Å²) in [5.74, 6) is -0.0383. The molecule has 1 aromatic carbocycles. The van der Waals surface area contributed by atoms with Crippen LogP contribution in [-0.2, 0) is 0 Å². The van der Waals surface area contributed by atoms with Gasteiger partial charge < -0.3 is 10.3 Å². The highest BCUT2D eigenvalue weighted by atomic mass is 16.1. The lowest BCUT2D eigenvalue weighted by molar-refractivity contribution is 0.0936. The van der Waals surface area contributed by atoms with E-state index in [2.05, 4.69) is 48.4 Å². The summed E-state index contributed by atoms with van der Waals surface area (Å²) in [5, 5.41) is 3.05. The number of amides is 1. The van der Waals surface area contributed by atoms with Gasteiger partial charge in [0.15, 0.2) is 0 Å². The zero-order chi connectivity index (χ0) is 13.0. The smallest absolute Gasteiger partial charge is 0.253 e. The first-order valence-electron chi connectivity index (χ1n) is 6.21. The van der Waals surface area contributed by atoms with E-state index in [4.69, 9.17) is 0 Å². The summed E-state index contributed by atoms with van der Waals surface area (Å²) >= 11 is 0. The molecule has 0 saturated carbocycles. The maximum atomic E-state index is 12.0. The van der Waals surface area contributed by atoms with Gasteiger partial charge in [0.2, 0.25) is 0 Å². The number of hydrogen-bond donors (Lipinski definition) is 2. The third-order valence-corrected chi connectivity index (χ3v) is 3.05. The van der Waals surface area contributed by atoms with Crippen LogP contribution in [0.1, 0.15) is 40.9 Å². The van der Waals surface area contributed by atoms with Gasteiger partial charge in [-0.1, -0.05) is 36.8 Å². The van der Waals surface area contributed by atoms with Crippen LogP contribution < -0.4 is 5.32 Å². The van der Waals surface area contributed by atoms with Crippen molar-refractivity contribution in [2.75, 3.05) is 0 Å². The molecule has 1 atom stereocenters. The Hall–Kier alpha value is -2.03. The molecule has 3 nitrogen and oxygen atoms in total. The minimum absolute atomic E-state index is 0.0383. The summed E-state index contributed by atoms with van der Waals surface area (Å²) in [6.45, 7) is 4.13. The van der Waals surface area contributed by atoms with Crippen molar-refractivity contribution in [3.05, 3.63) is 59.4 Å². The molecule has 0 saturated heterocycles. The fourth-order valence-corrected chi connectivity index (χ4v) is 1.93. The van der Waals surface area contributed by atoms with Crippen molar-refractivity contribution in [2.24, 2.45) is 0 Å². The third kappa shape index (κ3) is 2.80. The van der Waals surface area contributed by atoms with E-state index < -0.39 is 0 Å². The molecule has 0 spiro atoms. The van der Waals surface area contributed by atoms with Crippen molar-refractivity contribution in [3.63, 3.8) is 0 Å². The Morgan fingerprint density at radius 1 is 1.28 bits per heavy atom. The van der Waals surface area contributed by atoms with Gasteiger partial charge in [0.25, 0.3) is 5.91 Å². The molecule has 2 N–H and O–H groups in total. The van der Waals surface area contributed by atoms with Gasteiger partial charge in [-0.05, 0) is 25.0 Å². The molecule has 0 fully saturated rings. The molecule has 94 valence electrons. The molecular weight excluding hydrogens is 224 g/mol. The zero-order valence-electron chi connectivity index (χ0n) is 10.7. The fourth-order valence-electron chi connectivity index (χ4n) is 1.93. The maximum Gasteiger partial charge on any atom is 0.253 e. The number of hydrogen-bond acceptors (Lipinski definition) is 1. The van der Waals surface area contributed by atoms with Crippen molar-refractivity contribution in [1.29, 1.82) is 0 Å². The Labute approximate surface area is 107 Å². The van der Waals surface area contributed by atoms with E-state index >= 15 is 0 Å². The molecule has 0 aliphatic rings. The van der Waals surface area contributed by atoms with Crippen LogP contribution in [0.25, 0.3) is 0 Å². The topological polar surface area (TPSA) is 44.9 Å². The first-order valence-corrected chi connectivity index (χ1v) is 6.21. The number of rotatable bonds is 4. The van der Waals surface area contributed by atoms with E-state index in [9.17, 15) is 4.79 Å². The number of aryl methyl sites for hydroxylation is 1. The summed E-state index contributed by atoms with van der Waals surface area (Å²) in [6.07, 6.45) is 4.33. The normalized spacial score (nSPS) is 12.1. The standard InChI is InChI=1S/C15H18N2O/c1-3-14(12-6-4-11(2)5-7-12)17-15(18)13-8-9-16-10-13/h4-10,14,16H,3H2,1-2H3,(H,17,18)/t14-/m1/s1. The highest BCUT2D eigenvalue weighted by Crippen LogP contribution is 2.17. The molecule has 2 aromatic rings. The lowest BCUT2D eigenvalue weighted by Gasteiger charge is -2.17. The Kier molecular flexibility index (Phi) is 3.82. The van der Waals surface area contributed by atoms with E-state index in [1.54, 1.807) is 18.5 Å². The van der Waals surface area contributed by atoms with E-state index in [1.807, 2.05) is 0 Å². The van der Waals surface area contributed by atoms with Crippen LogP contribution in [0.3, 0.4) is 0 Å². The molecule has 0 unspecified atom stereocenters. The first-order chi connectivity index (χ1) is 8.70. The number of aromatic amines is 1. The van der Waals surface area contributed by atoms with Crippen molar-refractivity contribution < 1.29 is 4.79 Å². The molecule has 0 radical (unpaired) electrons. The van der Waals surface area contributed by atoms with Gasteiger partial charge in [-0.15, -0.1) is 0 Å². The lowest BCUT2D eigenvalue weighted by atomic mass is 10.0. The van der Waals surface area contributed by atoms with Crippen molar-refractivity contribution in [2.45, 2.75) is 26.3 Å². The van der Waals surface area contributed by atoms with Crippen LogP contribution in [0.2, 0.25) is 0 Å². The number of aromatic nitrogens is 1. The lowest BCUT2D eigenvalue weighted by Crippen LogP contribution is -2.27. The summed E-state index contributed by atoms with van der Waals surface area (Å²) in [6, 6.07) is 10.1. The van der Waals surface area contributed by atoms with Crippen LogP contribution in [-0.4, -0.2) is 10.9 Å². The van der Waals surface area contributed by atoms with Crippen LogP contribution in [0, 0.1) is 6.92 Å². The van der Waals surface area contributed by atoms with Crippen LogP contribution in [0.4, 0.5) is 0 Å². The summed E-state index contributed by atoms with van der Waals surface area (Å²) in [4.78, 5) is 14.9.